The van der Waals surface area contributed by atoms with Crippen molar-refractivity contribution >= 4 is 20.2 Å². The molecule has 0 radical (unpaired) electrons. The quantitative estimate of drug-likeness (QED) is 0.221. The highest BCUT2D eigenvalue weighted by Gasteiger charge is 2.36. The first-order valence-electron chi connectivity index (χ1n) is 12.2. The zero-order chi connectivity index (χ0) is 28.1. The first-order valence-corrected chi connectivity index (χ1v) is 15.9. The third kappa shape index (κ3) is 12.4. The Balaban J connectivity index is 1.89. The molecule has 3 unspecified atom stereocenters. The molecule has 0 aliphatic rings. The van der Waals surface area contributed by atoms with E-state index in [1.165, 1.54) is 0 Å². The number of benzene rings is 3. The molecule has 0 fully saturated rings. The van der Waals surface area contributed by atoms with E-state index in [0.29, 0.717) is 0 Å². The summed E-state index contributed by atoms with van der Waals surface area (Å²) in [5, 5.41) is 0. The minimum absolute atomic E-state index is 0.0812. The first-order chi connectivity index (χ1) is 18.6. The molecule has 0 saturated carbocycles. The summed E-state index contributed by atoms with van der Waals surface area (Å²) in [6, 6.07) is 27.9. The molecule has 0 heterocycles. The second-order valence-corrected chi connectivity index (χ2v) is 12.2. The Morgan fingerprint density at radius 2 is 1.03 bits per heavy atom. The van der Waals surface area contributed by atoms with E-state index in [1.807, 2.05) is 91.0 Å². The zero-order valence-corrected chi connectivity index (χ0v) is 23.6. The van der Waals surface area contributed by atoms with Crippen molar-refractivity contribution in [3.05, 3.63) is 108 Å². The van der Waals surface area contributed by atoms with Crippen LogP contribution >= 0.6 is 0 Å². The molecule has 0 saturated heterocycles. The monoisotopic (exact) mass is 578 g/mol. The number of hydrogen-bond donors (Lipinski definition) is 0. The van der Waals surface area contributed by atoms with Crippen molar-refractivity contribution in [2.24, 2.45) is 0 Å². The maximum Gasteiger partial charge on any atom is 0.264 e. The van der Waals surface area contributed by atoms with E-state index in [9.17, 15) is 16.8 Å². The summed E-state index contributed by atoms with van der Waals surface area (Å²) >= 11 is 0. The van der Waals surface area contributed by atoms with E-state index in [0.717, 1.165) is 29.2 Å². The average Bonchev–Trinajstić information content (AvgIpc) is 2.90. The molecule has 3 rings (SSSR count). The van der Waals surface area contributed by atoms with Crippen molar-refractivity contribution in [1.82, 2.24) is 0 Å². The predicted molar refractivity (Wildman–Crippen MR) is 147 cm³/mol. The van der Waals surface area contributed by atoms with Gasteiger partial charge in [0.25, 0.3) is 20.2 Å². The van der Waals surface area contributed by atoms with Crippen molar-refractivity contribution in [3.63, 3.8) is 0 Å². The second kappa shape index (κ2) is 15.2. The fraction of sp³-hybridized carbons (Fsp3) is 0.357. The molecule has 0 amide bonds. The molecule has 9 nitrogen and oxygen atoms in total. The van der Waals surface area contributed by atoms with Gasteiger partial charge in [0.1, 0.15) is 18.3 Å². The lowest BCUT2D eigenvalue weighted by Gasteiger charge is -2.32. The van der Waals surface area contributed by atoms with Crippen LogP contribution in [0.5, 0.6) is 0 Å². The lowest BCUT2D eigenvalue weighted by Crippen LogP contribution is -2.48. The van der Waals surface area contributed by atoms with Gasteiger partial charge < -0.3 is 14.2 Å². The maximum atomic E-state index is 12.3. The molecule has 0 N–H and O–H groups in total. The van der Waals surface area contributed by atoms with Crippen LogP contribution < -0.4 is 0 Å². The zero-order valence-electron chi connectivity index (χ0n) is 21.9. The van der Waals surface area contributed by atoms with Crippen LogP contribution in [0.15, 0.2) is 91.0 Å². The van der Waals surface area contributed by atoms with E-state index in [-0.39, 0.29) is 26.4 Å². The van der Waals surface area contributed by atoms with Crippen LogP contribution in [-0.2, 0) is 62.6 Å². The molecule has 3 aromatic carbocycles. The van der Waals surface area contributed by atoms with Crippen molar-refractivity contribution in [2.75, 3.05) is 25.7 Å². The molecule has 3 atom stereocenters. The van der Waals surface area contributed by atoms with E-state index in [4.69, 9.17) is 22.6 Å². The normalized spacial score (nSPS) is 14.5. The minimum atomic E-state index is -3.96. The Kier molecular flexibility index (Phi) is 12.1. The Bertz CT molecular complexity index is 1320. The highest BCUT2D eigenvalue weighted by molar-refractivity contribution is 7.86. The lowest BCUT2D eigenvalue weighted by atomic mass is 10.1. The Labute approximate surface area is 230 Å². The van der Waals surface area contributed by atoms with Crippen LogP contribution in [0.2, 0.25) is 0 Å². The van der Waals surface area contributed by atoms with Gasteiger partial charge in [0.2, 0.25) is 0 Å². The SMILES string of the molecule is CS(=O)(=O)OCC(OCc1ccccc1)C(OCc1ccccc1)C(COCc1ccccc1)OS(C)(=O)=O. The van der Waals surface area contributed by atoms with Gasteiger partial charge >= 0.3 is 0 Å². The lowest BCUT2D eigenvalue weighted by molar-refractivity contribution is -0.147. The van der Waals surface area contributed by atoms with Crippen LogP contribution in [-0.4, -0.2) is 60.9 Å². The highest BCUT2D eigenvalue weighted by Crippen LogP contribution is 2.20. The molecular weight excluding hydrogens is 544 g/mol. The van der Waals surface area contributed by atoms with Gasteiger partial charge in [-0.3, -0.25) is 8.37 Å². The fourth-order valence-corrected chi connectivity index (χ4v) is 4.69. The van der Waals surface area contributed by atoms with Crippen LogP contribution in [0.4, 0.5) is 0 Å². The van der Waals surface area contributed by atoms with Gasteiger partial charge in [-0.25, -0.2) is 0 Å². The van der Waals surface area contributed by atoms with Crippen molar-refractivity contribution in [3.8, 4) is 0 Å². The molecule has 212 valence electrons. The Morgan fingerprint density at radius 3 is 1.49 bits per heavy atom. The van der Waals surface area contributed by atoms with E-state index >= 15 is 0 Å². The number of ether oxygens (including phenoxy) is 3. The molecule has 39 heavy (non-hydrogen) atoms. The maximum absolute atomic E-state index is 12.3. The third-order valence-electron chi connectivity index (χ3n) is 5.46. The van der Waals surface area contributed by atoms with Gasteiger partial charge in [-0.2, -0.15) is 16.8 Å². The fourth-order valence-electron chi connectivity index (χ4n) is 3.70. The van der Waals surface area contributed by atoms with Crippen LogP contribution in [0.1, 0.15) is 16.7 Å². The van der Waals surface area contributed by atoms with E-state index in [1.54, 1.807) is 0 Å². The average molecular weight is 579 g/mol. The minimum Gasteiger partial charge on any atom is -0.374 e. The summed E-state index contributed by atoms with van der Waals surface area (Å²) in [4.78, 5) is 0. The molecular formula is C28H34O9S2. The second-order valence-electron chi connectivity index (χ2n) is 8.92. The summed E-state index contributed by atoms with van der Waals surface area (Å²) < 4.78 is 76.9. The van der Waals surface area contributed by atoms with Crippen molar-refractivity contribution in [1.29, 1.82) is 0 Å². The number of hydrogen-bond acceptors (Lipinski definition) is 9. The van der Waals surface area contributed by atoms with Crippen molar-refractivity contribution in [2.45, 2.75) is 38.1 Å². The summed E-state index contributed by atoms with van der Waals surface area (Å²) in [6.45, 7) is -0.220. The molecule has 0 bridgehead atoms. The van der Waals surface area contributed by atoms with Gasteiger partial charge in [0.15, 0.2) is 0 Å². The molecule has 0 aliphatic heterocycles. The summed E-state index contributed by atoms with van der Waals surface area (Å²) in [5.74, 6) is 0. The van der Waals surface area contributed by atoms with Gasteiger partial charge in [-0.15, -0.1) is 0 Å². The summed E-state index contributed by atoms with van der Waals surface area (Å²) in [6.07, 6.45) is -1.43. The topological polar surface area (TPSA) is 114 Å². The van der Waals surface area contributed by atoms with Gasteiger partial charge in [-0.1, -0.05) is 91.0 Å². The van der Waals surface area contributed by atoms with Crippen LogP contribution in [0.3, 0.4) is 0 Å². The largest absolute Gasteiger partial charge is 0.374 e. The van der Waals surface area contributed by atoms with Crippen molar-refractivity contribution < 1.29 is 39.4 Å². The molecule has 0 aliphatic carbocycles. The molecule has 0 aromatic heterocycles. The predicted octanol–water partition coefficient (Wildman–Crippen LogP) is 3.70. The van der Waals surface area contributed by atoms with Gasteiger partial charge in [0, 0.05) is 0 Å². The molecule has 0 spiro atoms. The summed E-state index contributed by atoms with van der Waals surface area (Å²) in [7, 11) is -7.81. The highest BCUT2D eigenvalue weighted by atomic mass is 32.2. The van der Waals surface area contributed by atoms with E-state index < -0.39 is 45.2 Å². The molecule has 11 heteroatoms. The molecule has 3 aromatic rings. The first kappa shape index (κ1) is 30.9. The summed E-state index contributed by atoms with van der Waals surface area (Å²) in [5.41, 5.74) is 2.52. The third-order valence-corrected chi connectivity index (χ3v) is 6.62. The van der Waals surface area contributed by atoms with Crippen LogP contribution in [0, 0.1) is 0 Å². The smallest absolute Gasteiger partial charge is 0.264 e. The Hall–Kier alpha value is -2.64. The Morgan fingerprint density at radius 1 is 0.564 bits per heavy atom. The van der Waals surface area contributed by atoms with Gasteiger partial charge in [-0.05, 0) is 16.7 Å². The number of rotatable bonds is 17. The standard InChI is InChI=1S/C28H34O9S2/c1-38(29,30)36-22-26(34-19-24-14-8-4-9-15-24)28(35-20-25-16-10-5-11-17-25)27(37-39(2,31)32)21-33-18-23-12-6-3-7-13-23/h3-17,26-28H,18-22H2,1-2H3. The van der Waals surface area contributed by atoms with E-state index in [2.05, 4.69) is 0 Å². The van der Waals surface area contributed by atoms with Crippen LogP contribution in [0.25, 0.3) is 0 Å². The van der Waals surface area contributed by atoms with Gasteiger partial charge in [0.05, 0.1) is 45.5 Å².